The summed E-state index contributed by atoms with van der Waals surface area (Å²) >= 11 is 11.8. The summed E-state index contributed by atoms with van der Waals surface area (Å²) in [5.41, 5.74) is 1.11. The maximum atomic E-state index is 12.3. The number of likely N-dealkylation sites (tertiary alicyclic amines) is 1. The number of aromatic nitrogens is 1. The van der Waals surface area contributed by atoms with Crippen LogP contribution < -0.4 is 10.3 Å². The van der Waals surface area contributed by atoms with Gasteiger partial charge in [-0.3, -0.25) is 4.79 Å². The van der Waals surface area contributed by atoms with Crippen molar-refractivity contribution in [1.82, 2.24) is 9.88 Å². The van der Waals surface area contributed by atoms with E-state index in [2.05, 4.69) is 4.98 Å². The first-order chi connectivity index (χ1) is 13.0. The Hall–Kier alpha value is -2.41. The number of pyridine rings is 1. The van der Waals surface area contributed by atoms with Crippen LogP contribution in [0.5, 0.6) is 5.75 Å². The molecule has 0 saturated carbocycles. The first kappa shape index (κ1) is 18.0. The van der Waals surface area contributed by atoms with Gasteiger partial charge in [-0.05, 0) is 30.3 Å². The van der Waals surface area contributed by atoms with Crippen LogP contribution in [0.3, 0.4) is 0 Å². The summed E-state index contributed by atoms with van der Waals surface area (Å²) in [6.45, 7) is 1.55. The van der Waals surface area contributed by atoms with Crippen molar-refractivity contribution < 1.29 is 9.50 Å². The molecule has 0 amide bonds. The molecule has 0 atom stereocenters. The van der Waals surface area contributed by atoms with Crippen molar-refractivity contribution >= 4 is 39.8 Å². The van der Waals surface area contributed by atoms with Gasteiger partial charge < -0.3 is 9.72 Å². The first-order valence-corrected chi connectivity index (χ1v) is 9.15. The molecule has 0 bridgehead atoms. The van der Waals surface area contributed by atoms with Gasteiger partial charge in [0.2, 0.25) is 5.56 Å². The van der Waals surface area contributed by atoms with Crippen LogP contribution in [0.25, 0.3) is 10.9 Å². The molecule has 1 fully saturated rings. The summed E-state index contributed by atoms with van der Waals surface area (Å²) in [5.74, 6) is 0.739. The van der Waals surface area contributed by atoms with Crippen LogP contribution in [0.2, 0.25) is 10.0 Å². The van der Waals surface area contributed by atoms with Gasteiger partial charge in [0, 0.05) is 47.1 Å². The SMILES string of the molecule is O=c1ccc2cc(OC3CN(C[N+](=O)c4ccc(Cl)c(Cl)c4)C3)ccc2[nH]1. The lowest BCUT2D eigenvalue weighted by atomic mass is 10.1. The number of fused-ring (bicyclic) bond motifs is 1. The van der Waals surface area contributed by atoms with Gasteiger partial charge in [0.15, 0.2) is 0 Å². The van der Waals surface area contributed by atoms with E-state index < -0.39 is 0 Å². The standard InChI is InChI=1S/C19H15Cl2N3O3/c20-16-4-2-13(8-17(16)21)24(26)11-23-9-15(10-23)27-14-3-5-18-12(7-14)1-6-19(25)22-18/h1-8,15H,9-11H2/p+1. The molecule has 3 aromatic rings. The van der Waals surface area contributed by atoms with Gasteiger partial charge in [-0.1, -0.05) is 23.2 Å². The number of halogens is 2. The topological polar surface area (TPSA) is 65.4 Å². The summed E-state index contributed by atoms with van der Waals surface area (Å²) < 4.78 is 6.83. The van der Waals surface area contributed by atoms with Gasteiger partial charge in [-0.2, -0.15) is 0 Å². The van der Waals surface area contributed by atoms with Gasteiger partial charge in [-0.15, -0.1) is 0 Å². The van der Waals surface area contributed by atoms with Crippen LogP contribution in [-0.4, -0.2) is 40.5 Å². The Balaban J connectivity index is 1.33. The number of nitroso groups, excluding NO2 is 1. The number of hydrogen-bond donors (Lipinski definition) is 1. The Labute approximate surface area is 164 Å². The van der Waals surface area contributed by atoms with E-state index in [0.717, 1.165) is 21.4 Å². The molecule has 27 heavy (non-hydrogen) atoms. The maximum absolute atomic E-state index is 12.3. The van der Waals surface area contributed by atoms with Crippen LogP contribution in [0.4, 0.5) is 5.69 Å². The first-order valence-electron chi connectivity index (χ1n) is 8.40. The van der Waals surface area contributed by atoms with E-state index in [9.17, 15) is 9.70 Å². The van der Waals surface area contributed by atoms with Crippen LogP contribution in [0.1, 0.15) is 0 Å². The third-order valence-corrected chi connectivity index (χ3v) is 5.18. The average molecular weight is 405 g/mol. The number of nitrogens with one attached hydrogen (secondary N) is 1. The van der Waals surface area contributed by atoms with E-state index in [1.165, 1.54) is 6.07 Å². The lowest BCUT2D eigenvalue weighted by molar-refractivity contribution is -0.493. The summed E-state index contributed by atoms with van der Waals surface area (Å²) in [4.78, 5) is 28.3. The van der Waals surface area contributed by atoms with Crippen LogP contribution >= 0.6 is 23.2 Å². The Kier molecular flexibility index (Phi) is 4.86. The molecular formula is C19H16Cl2N3O3+. The average Bonchev–Trinajstić information content (AvgIpc) is 2.62. The predicted molar refractivity (Wildman–Crippen MR) is 105 cm³/mol. The molecule has 8 heteroatoms. The molecule has 6 nitrogen and oxygen atoms in total. The second kappa shape index (κ2) is 7.31. The third kappa shape index (κ3) is 3.98. The normalized spacial score (nSPS) is 14.9. The highest BCUT2D eigenvalue weighted by molar-refractivity contribution is 6.42. The van der Waals surface area contributed by atoms with Gasteiger partial charge in [0.05, 0.1) is 14.8 Å². The Morgan fingerprint density at radius 2 is 1.89 bits per heavy atom. The van der Waals surface area contributed by atoms with Crippen molar-refractivity contribution in [3.63, 3.8) is 0 Å². The summed E-state index contributed by atoms with van der Waals surface area (Å²) in [7, 11) is 0. The Bertz CT molecular complexity index is 1080. The van der Waals surface area contributed by atoms with E-state index >= 15 is 0 Å². The molecule has 1 aliphatic heterocycles. The summed E-state index contributed by atoms with van der Waals surface area (Å²) in [6.07, 6.45) is 0.0208. The Morgan fingerprint density at radius 1 is 1.07 bits per heavy atom. The molecule has 0 aliphatic carbocycles. The molecule has 2 aromatic carbocycles. The summed E-state index contributed by atoms with van der Waals surface area (Å²) in [5, 5.41) is 1.69. The molecule has 4 rings (SSSR count). The molecule has 0 radical (unpaired) electrons. The lowest BCUT2D eigenvalue weighted by Crippen LogP contribution is -2.55. The molecular weight excluding hydrogens is 389 g/mol. The number of ether oxygens (including phenoxy) is 1. The lowest BCUT2D eigenvalue weighted by Gasteiger charge is -2.35. The molecule has 2 heterocycles. The van der Waals surface area contributed by atoms with Crippen molar-refractivity contribution in [2.45, 2.75) is 6.10 Å². The van der Waals surface area contributed by atoms with Crippen molar-refractivity contribution in [2.24, 2.45) is 0 Å². The molecule has 138 valence electrons. The van der Waals surface area contributed by atoms with Crippen molar-refractivity contribution in [3.05, 3.63) is 73.8 Å². The van der Waals surface area contributed by atoms with Crippen molar-refractivity contribution in [2.75, 3.05) is 19.8 Å². The maximum Gasteiger partial charge on any atom is 0.259 e. The molecule has 0 spiro atoms. The third-order valence-electron chi connectivity index (χ3n) is 4.44. The van der Waals surface area contributed by atoms with Crippen LogP contribution in [-0.2, 0) is 0 Å². The minimum Gasteiger partial charge on any atom is -0.488 e. The number of aromatic amines is 1. The molecule has 1 N–H and O–H groups in total. The molecule has 0 unspecified atom stereocenters. The highest BCUT2D eigenvalue weighted by Crippen LogP contribution is 2.27. The highest BCUT2D eigenvalue weighted by Gasteiger charge is 2.33. The van der Waals surface area contributed by atoms with E-state index in [4.69, 9.17) is 27.9 Å². The zero-order chi connectivity index (χ0) is 19.0. The van der Waals surface area contributed by atoms with Gasteiger partial charge in [-0.25, -0.2) is 4.90 Å². The van der Waals surface area contributed by atoms with Gasteiger partial charge >= 0.3 is 0 Å². The minimum atomic E-state index is -0.130. The quantitative estimate of drug-likeness (QED) is 0.653. The number of benzene rings is 2. The monoisotopic (exact) mass is 404 g/mol. The molecule has 1 saturated heterocycles. The fourth-order valence-electron chi connectivity index (χ4n) is 3.01. The fraction of sp³-hybridized carbons (Fsp3) is 0.211. The zero-order valence-electron chi connectivity index (χ0n) is 14.2. The second-order valence-electron chi connectivity index (χ2n) is 6.47. The Morgan fingerprint density at radius 3 is 2.67 bits per heavy atom. The number of H-pyrrole nitrogens is 1. The summed E-state index contributed by atoms with van der Waals surface area (Å²) in [6, 6.07) is 13.6. The number of rotatable bonds is 5. The number of nitrogens with zero attached hydrogens (tertiary/aromatic N) is 2. The smallest absolute Gasteiger partial charge is 0.259 e. The second-order valence-corrected chi connectivity index (χ2v) is 7.28. The largest absolute Gasteiger partial charge is 0.488 e. The van der Waals surface area contributed by atoms with E-state index in [-0.39, 0.29) is 18.3 Å². The fourth-order valence-corrected chi connectivity index (χ4v) is 3.31. The van der Waals surface area contributed by atoms with E-state index in [0.29, 0.717) is 28.8 Å². The van der Waals surface area contributed by atoms with Gasteiger partial charge in [0.1, 0.15) is 11.9 Å². The molecule has 1 aromatic heterocycles. The van der Waals surface area contributed by atoms with Crippen molar-refractivity contribution in [3.8, 4) is 5.75 Å². The van der Waals surface area contributed by atoms with Crippen LogP contribution in [0, 0.1) is 4.91 Å². The van der Waals surface area contributed by atoms with E-state index in [1.807, 2.05) is 23.1 Å². The highest BCUT2D eigenvalue weighted by atomic mass is 35.5. The zero-order valence-corrected chi connectivity index (χ0v) is 15.7. The molecule has 1 aliphatic rings. The van der Waals surface area contributed by atoms with Crippen molar-refractivity contribution in [1.29, 1.82) is 0 Å². The van der Waals surface area contributed by atoms with Crippen LogP contribution in [0.15, 0.2) is 53.3 Å². The van der Waals surface area contributed by atoms with Gasteiger partial charge in [0.25, 0.3) is 12.4 Å². The number of hydrogen-bond acceptors (Lipinski definition) is 4. The van der Waals surface area contributed by atoms with E-state index in [1.54, 1.807) is 24.3 Å². The minimum absolute atomic E-state index is 0.0208. The predicted octanol–water partition coefficient (Wildman–Crippen LogP) is 3.97.